The Bertz CT molecular complexity index is 586. The van der Waals surface area contributed by atoms with Gasteiger partial charge in [0.25, 0.3) is 5.91 Å². The topological polar surface area (TPSA) is 71.3 Å². The van der Waals surface area contributed by atoms with Gasteiger partial charge in [0.15, 0.2) is 0 Å². The summed E-state index contributed by atoms with van der Waals surface area (Å²) in [5.74, 6) is 0.345. The summed E-state index contributed by atoms with van der Waals surface area (Å²) in [7, 11) is 3.20. The van der Waals surface area contributed by atoms with Gasteiger partial charge in [-0.1, -0.05) is 30.4 Å². The number of carbonyl (C=O) groups excluding carboxylic acids is 1. The number of nitrogens with zero attached hydrogens (tertiary/aromatic N) is 1. The number of carbonyl (C=O) groups is 1. The van der Waals surface area contributed by atoms with E-state index >= 15 is 0 Å². The predicted octanol–water partition coefficient (Wildman–Crippen LogP) is 2.31. The van der Waals surface area contributed by atoms with Crippen LogP contribution in [0.3, 0.4) is 0 Å². The lowest BCUT2D eigenvalue weighted by Gasteiger charge is -2.03. The summed E-state index contributed by atoms with van der Waals surface area (Å²) >= 11 is 0. The number of benzene rings is 1. The lowest BCUT2D eigenvalue weighted by atomic mass is 10.1. The molecular weight excluding hydrogens is 280 g/mol. The predicted molar refractivity (Wildman–Crippen MR) is 85.2 cm³/mol. The SMILES string of the molecule is COCCCNC(=O)/C(C#N)=C/C=C/c1ccccc1OC. The molecule has 0 saturated heterocycles. The summed E-state index contributed by atoms with van der Waals surface area (Å²) in [5, 5.41) is 11.7. The Kier molecular flexibility index (Phi) is 8.09. The highest BCUT2D eigenvalue weighted by molar-refractivity contribution is 5.97. The fourth-order valence-electron chi connectivity index (χ4n) is 1.73. The van der Waals surface area contributed by atoms with E-state index in [1.165, 1.54) is 6.08 Å². The number of hydrogen-bond donors (Lipinski definition) is 1. The summed E-state index contributed by atoms with van der Waals surface area (Å²) in [6.45, 7) is 1.04. The minimum Gasteiger partial charge on any atom is -0.496 e. The van der Waals surface area contributed by atoms with Gasteiger partial charge in [-0.2, -0.15) is 5.26 Å². The molecule has 0 unspecified atom stereocenters. The maximum absolute atomic E-state index is 11.8. The zero-order valence-electron chi connectivity index (χ0n) is 12.8. The molecule has 1 aromatic carbocycles. The van der Waals surface area contributed by atoms with E-state index in [4.69, 9.17) is 14.7 Å². The van der Waals surface area contributed by atoms with E-state index in [2.05, 4.69) is 5.32 Å². The molecule has 116 valence electrons. The Morgan fingerprint density at radius 2 is 2.14 bits per heavy atom. The van der Waals surface area contributed by atoms with Crippen molar-refractivity contribution in [3.05, 3.63) is 47.6 Å². The molecule has 0 atom stereocenters. The Morgan fingerprint density at radius 1 is 1.36 bits per heavy atom. The number of hydrogen-bond acceptors (Lipinski definition) is 4. The van der Waals surface area contributed by atoms with Gasteiger partial charge in [0, 0.05) is 25.8 Å². The fourth-order valence-corrected chi connectivity index (χ4v) is 1.73. The lowest BCUT2D eigenvalue weighted by Crippen LogP contribution is -2.26. The van der Waals surface area contributed by atoms with Gasteiger partial charge in [-0.15, -0.1) is 0 Å². The Balaban J connectivity index is 2.66. The molecule has 0 bridgehead atoms. The molecule has 0 fully saturated rings. The molecule has 22 heavy (non-hydrogen) atoms. The highest BCUT2D eigenvalue weighted by Crippen LogP contribution is 2.18. The average Bonchev–Trinajstić information content (AvgIpc) is 2.55. The largest absolute Gasteiger partial charge is 0.496 e. The maximum atomic E-state index is 11.8. The average molecular weight is 300 g/mol. The maximum Gasteiger partial charge on any atom is 0.261 e. The van der Waals surface area contributed by atoms with Gasteiger partial charge in [0.2, 0.25) is 0 Å². The first-order valence-electron chi connectivity index (χ1n) is 6.91. The van der Waals surface area contributed by atoms with Crippen molar-refractivity contribution in [3.63, 3.8) is 0 Å². The van der Waals surface area contributed by atoms with E-state index in [0.717, 1.165) is 11.3 Å². The van der Waals surface area contributed by atoms with Gasteiger partial charge in [0.1, 0.15) is 17.4 Å². The van der Waals surface area contributed by atoms with E-state index < -0.39 is 0 Å². The first-order valence-corrected chi connectivity index (χ1v) is 6.91. The van der Waals surface area contributed by atoms with Crippen molar-refractivity contribution in [2.75, 3.05) is 27.4 Å². The third kappa shape index (κ3) is 5.81. The standard InChI is InChI=1S/C17H20N2O3/c1-21-12-6-11-19-17(20)15(13-18)9-5-8-14-7-3-4-10-16(14)22-2/h3-5,7-10H,6,11-12H2,1-2H3,(H,19,20)/b8-5+,15-9+. The van der Waals surface area contributed by atoms with Crippen LogP contribution in [0.2, 0.25) is 0 Å². The van der Waals surface area contributed by atoms with E-state index in [0.29, 0.717) is 19.6 Å². The van der Waals surface area contributed by atoms with Gasteiger partial charge in [-0.25, -0.2) is 0 Å². The molecule has 5 heteroatoms. The Labute approximate surface area is 130 Å². The number of para-hydroxylation sites is 1. The van der Waals surface area contributed by atoms with Gasteiger partial charge in [-0.05, 0) is 18.6 Å². The zero-order valence-corrected chi connectivity index (χ0v) is 12.8. The number of methoxy groups -OCH3 is 2. The van der Waals surface area contributed by atoms with E-state index in [1.807, 2.05) is 30.3 Å². The highest BCUT2D eigenvalue weighted by atomic mass is 16.5. The third-order valence-corrected chi connectivity index (χ3v) is 2.85. The van der Waals surface area contributed by atoms with Crippen LogP contribution in [-0.4, -0.2) is 33.3 Å². The molecular formula is C17H20N2O3. The molecule has 0 aliphatic rings. The van der Waals surface area contributed by atoms with Crippen molar-refractivity contribution in [3.8, 4) is 11.8 Å². The summed E-state index contributed by atoms with van der Waals surface area (Å²) in [4.78, 5) is 11.8. The molecule has 0 heterocycles. The monoisotopic (exact) mass is 300 g/mol. The first kappa shape index (κ1) is 17.5. The van der Waals surface area contributed by atoms with Crippen molar-refractivity contribution < 1.29 is 14.3 Å². The summed E-state index contributed by atoms with van der Waals surface area (Å²) < 4.78 is 10.1. The van der Waals surface area contributed by atoms with Crippen molar-refractivity contribution in [1.82, 2.24) is 5.32 Å². The molecule has 0 aliphatic heterocycles. The number of allylic oxidation sites excluding steroid dienone is 2. The lowest BCUT2D eigenvalue weighted by molar-refractivity contribution is -0.117. The number of nitriles is 1. The van der Waals surface area contributed by atoms with Gasteiger partial charge in [-0.3, -0.25) is 4.79 Å². The fraction of sp³-hybridized carbons (Fsp3) is 0.294. The molecule has 0 radical (unpaired) electrons. The second-order valence-electron chi connectivity index (χ2n) is 4.40. The molecule has 0 spiro atoms. The smallest absolute Gasteiger partial charge is 0.261 e. The third-order valence-electron chi connectivity index (χ3n) is 2.85. The second-order valence-corrected chi connectivity index (χ2v) is 4.40. The zero-order chi connectivity index (χ0) is 16.2. The van der Waals surface area contributed by atoms with Crippen LogP contribution in [-0.2, 0) is 9.53 Å². The Morgan fingerprint density at radius 3 is 2.82 bits per heavy atom. The summed E-state index contributed by atoms with van der Waals surface area (Å²) in [5.41, 5.74) is 0.933. The molecule has 0 aliphatic carbocycles. The molecule has 1 N–H and O–H groups in total. The van der Waals surface area contributed by atoms with Gasteiger partial charge >= 0.3 is 0 Å². The molecule has 5 nitrogen and oxygen atoms in total. The van der Waals surface area contributed by atoms with E-state index in [1.54, 1.807) is 26.4 Å². The summed E-state index contributed by atoms with van der Waals surface area (Å²) in [6.07, 6.45) is 5.63. The van der Waals surface area contributed by atoms with Crippen LogP contribution in [0.15, 0.2) is 42.0 Å². The van der Waals surface area contributed by atoms with Gasteiger partial charge < -0.3 is 14.8 Å². The van der Waals surface area contributed by atoms with Crippen molar-refractivity contribution in [2.24, 2.45) is 0 Å². The molecule has 0 saturated carbocycles. The molecule has 1 amide bonds. The normalized spacial score (nSPS) is 11.2. The molecule has 1 aromatic rings. The number of ether oxygens (including phenoxy) is 2. The van der Waals surface area contributed by atoms with Crippen LogP contribution < -0.4 is 10.1 Å². The van der Waals surface area contributed by atoms with E-state index in [-0.39, 0.29) is 11.5 Å². The van der Waals surface area contributed by atoms with Crippen molar-refractivity contribution in [2.45, 2.75) is 6.42 Å². The minimum absolute atomic E-state index is 0.0589. The van der Waals surface area contributed by atoms with Crippen LogP contribution in [0.4, 0.5) is 0 Å². The van der Waals surface area contributed by atoms with Gasteiger partial charge in [0.05, 0.1) is 7.11 Å². The van der Waals surface area contributed by atoms with Crippen LogP contribution in [0.5, 0.6) is 5.75 Å². The highest BCUT2D eigenvalue weighted by Gasteiger charge is 2.06. The first-order chi connectivity index (χ1) is 10.7. The van der Waals surface area contributed by atoms with Crippen molar-refractivity contribution in [1.29, 1.82) is 5.26 Å². The van der Waals surface area contributed by atoms with Crippen LogP contribution in [0.25, 0.3) is 6.08 Å². The minimum atomic E-state index is -0.386. The van der Waals surface area contributed by atoms with Crippen LogP contribution >= 0.6 is 0 Å². The quantitative estimate of drug-likeness (QED) is 0.346. The van der Waals surface area contributed by atoms with Crippen LogP contribution in [0.1, 0.15) is 12.0 Å². The number of nitrogens with one attached hydrogen (secondary N) is 1. The van der Waals surface area contributed by atoms with E-state index in [9.17, 15) is 4.79 Å². The van der Waals surface area contributed by atoms with Crippen molar-refractivity contribution >= 4 is 12.0 Å². The van der Waals surface area contributed by atoms with Crippen LogP contribution in [0, 0.1) is 11.3 Å². The Hall–Kier alpha value is -2.58. The molecule has 1 rings (SSSR count). The molecule has 0 aromatic heterocycles. The second kappa shape index (κ2) is 10.2. The number of amides is 1. The summed E-state index contributed by atoms with van der Waals surface area (Å²) in [6, 6.07) is 9.39. The number of rotatable bonds is 8.